The van der Waals surface area contributed by atoms with Gasteiger partial charge in [0.05, 0.1) is 6.10 Å². The highest BCUT2D eigenvalue weighted by Crippen LogP contribution is 2.15. The number of β-amino-alcohol motifs (C(OH)–C–C–N with tert-alkyl or cyclic N) is 1. The Morgan fingerprint density at radius 3 is 2.81 bits per heavy atom. The Morgan fingerprint density at radius 2 is 2.25 bits per heavy atom. The third kappa shape index (κ3) is 1.97. The molecular formula is C12H18N2O2. The standard InChI is InChI=1S/C12H18N2O2/c1-9-5-6-11(13(9)2)12(16)14-7-3-4-10(15)8-14/h5-6,10,15H,3-4,7-8H2,1-2H3/t10-/m0/s1. The van der Waals surface area contributed by atoms with Crippen molar-refractivity contribution in [3.63, 3.8) is 0 Å². The number of aryl methyl sites for hydroxylation is 1. The van der Waals surface area contributed by atoms with E-state index in [1.54, 1.807) is 4.90 Å². The second kappa shape index (κ2) is 4.29. The maximum Gasteiger partial charge on any atom is 0.270 e. The Kier molecular flexibility index (Phi) is 3.01. The average Bonchev–Trinajstić information content (AvgIpc) is 2.59. The third-order valence-electron chi connectivity index (χ3n) is 3.28. The van der Waals surface area contributed by atoms with Gasteiger partial charge >= 0.3 is 0 Å². The van der Waals surface area contributed by atoms with Crippen LogP contribution in [0.4, 0.5) is 0 Å². The summed E-state index contributed by atoms with van der Waals surface area (Å²) in [6.07, 6.45) is 1.32. The van der Waals surface area contributed by atoms with Gasteiger partial charge in [-0.15, -0.1) is 0 Å². The molecule has 0 spiro atoms. The Morgan fingerprint density at radius 1 is 1.50 bits per heavy atom. The topological polar surface area (TPSA) is 45.5 Å². The van der Waals surface area contributed by atoms with Gasteiger partial charge in [-0.3, -0.25) is 4.79 Å². The van der Waals surface area contributed by atoms with E-state index in [-0.39, 0.29) is 12.0 Å². The van der Waals surface area contributed by atoms with Crippen LogP contribution in [0.1, 0.15) is 29.0 Å². The number of piperidine rings is 1. The molecule has 1 aromatic heterocycles. The normalized spacial score (nSPS) is 21.2. The lowest BCUT2D eigenvalue weighted by Crippen LogP contribution is -2.42. The van der Waals surface area contributed by atoms with Gasteiger partial charge in [0.25, 0.3) is 5.91 Å². The molecule has 0 unspecified atom stereocenters. The first-order valence-corrected chi connectivity index (χ1v) is 5.69. The summed E-state index contributed by atoms with van der Waals surface area (Å²) in [6.45, 7) is 3.19. The summed E-state index contributed by atoms with van der Waals surface area (Å²) in [7, 11) is 1.89. The van der Waals surface area contributed by atoms with E-state index in [1.807, 2.05) is 30.7 Å². The Balaban J connectivity index is 2.15. The van der Waals surface area contributed by atoms with Crippen LogP contribution in [0.5, 0.6) is 0 Å². The van der Waals surface area contributed by atoms with Crippen molar-refractivity contribution in [3.8, 4) is 0 Å². The number of rotatable bonds is 1. The van der Waals surface area contributed by atoms with Crippen molar-refractivity contribution in [2.45, 2.75) is 25.9 Å². The Bertz CT molecular complexity index is 398. The predicted molar refractivity (Wildman–Crippen MR) is 61.3 cm³/mol. The number of hydrogen-bond donors (Lipinski definition) is 1. The van der Waals surface area contributed by atoms with Crippen LogP contribution in [0.15, 0.2) is 12.1 Å². The van der Waals surface area contributed by atoms with E-state index in [0.29, 0.717) is 12.2 Å². The maximum atomic E-state index is 12.2. The van der Waals surface area contributed by atoms with Gasteiger partial charge in [-0.05, 0) is 31.9 Å². The minimum absolute atomic E-state index is 0.0225. The fourth-order valence-corrected chi connectivity index (χ4v) is 2.13. The predicted octanol–water partition coefficient (Wildman–Crippen LogP) is 0.930. The van der Waals surface area contributed by atoms with Gasteiger partial charge in [0.1, 0.15) is 5.69 Å². The van der Waals surface area contributed by atoms with E-state index >= 15 is 0 Å². The quantitative estimate of drug-likeness (QED) is 0.768. The van der Waals surface area contributed by atoms with E-state index in [0.717, 1.165) is 25.1 Å². The molecule has 1 saturated heterocycles. The number of likely N-dealkylation sites (tertiary alicyclic amines) is 1. The lowest BCUT2D eigenvalue weighted by molar-refractivity contribution is 0.0466. The highest BCUT2D eigenvalue weighted by Gasteiger charge is 2.24. The molecule has 4 heteroatoms. The fourth-order valence-electron chi connectivity index (χ4n) is 2.13. The second-order valence-corrected chi connectivity index (χ2v) is 4.47. The Labute approximate surface area is 95.5 Å². The van der Waals surface area contributed by atoms with Gasteiger partial charge in [-0.2, -0.15) is 0 Å². The number of carbonyl (C=O) groups is 1. The van der Waals surface area contributed by atoms with E-state index in [9.17, 15) is 9.90 Å². The van der Waals surface area contributed by atoms with Gasteiger partial charge < -0.3 is 14.6 Å². The van der Waals surface area contributed by atoms with Gasteiger partial charge in [0.2, 0.25) is 0 Å². The van der Waals surface area contributed by atoms with Crippen molar-refractivity contribution in [2.24, 2.45) is 7.05 Å². The molecule has 1 amide bonds. The van der Waals surface area contributed by atoms with Crippen molar-refractivity contribution < 1.29 is 9.90 Å². The van der Waals surface area contributed by atoms with Crippen molar-refractivity contribution >= 4 is 5.91 Å². The average molecular weight is 222 g/mol. The molecule has 1 aliphatic rings. The smallest absolute Gasteiger partial charge is 0.270 e. The van der Waals surface area contributed by atoms with Crippen LogP contribution in [0.3, 0.4) is 0 Å². The molecule has 4 nitrogen and oxygen atoms in total. The van der Waals surface area contributed by atoms with Crippen LogP contribution in [0, 0.1) is 6.92 Å². The van der Waals surface area contributed by atoms with E-state index in [2.05, 4.69) is 0 Å². The number of amides is 1. The highest BCUT2D eigenvalue weighted by atomic mass is 16.3. The first kappa shape index (κ1) is 11.2. The molecule has 0 aromatic carbocycles. The lowest BCUT2D eigenvalue weighted by atomic mass is 10.1. The number of carbonyl (C=O) groups excluding carboxylic acids is 1. The second-order valence-electron chi connectivity index (χ2n) is 4.47. The fraction of sp³-hybridized carbons (Fsp3) is 0.583. The zero-order valence-corrected chi connectivity index (χ0v) is 9.81. The summed E-state index contributed by atoms with van der Waals surface area (Å²) in [5, 5.41) is 9.55. The summed E-state index contributed by atoms with van der Waals surface area (Å²) in [4.78, 5) is 13.9. The molecule has 2 rings (SSSR count). The van der Waals surface area contributed by atoms with Crippen LogP contribution < -0.4 is 0 Å². The maximum absolute atomic E-state index is 12.2. The summed E-state index contributed by atoms with van der Waals surface area (Å²) >= 11 is 0. The first-order chi connectivity index (χ1) is 7.59. The molecule has 1 aliphatic heterocycles. The zero-order valence-electron chi connectivity index (χ0n) is 9.81. The summed E-state index contributed by atoms with van der Waals surface area (Å²) in [5.74, 6) is 0.0225. The molecule has 88 valence electrons. The molecule has 2 heterocycles. The Hall–Kier alpha value is -1.29. The molecule has 1 atom stereocenters. The van der Waals surface area contributed by atoms with Gasteiger partial charge in [-0.1, -0.05) is 0 Å². The zero-order chi connectivity index (χ0) is 11.7. The number of aliphatic hydroxyl groups is 1. The number of nitrogens with zero attached hydrogens (tertiary/aromatic N) is 2. The summed E-state index contributed by atoms with van der Waals surface area (Å²) in [5.41, 5.74) is 1.77. The van der Waals surface area contributed by atoms with Gasteiger partial charge in [-0.25, -0.2) is 0 Å². The van der Waals surface area contributed by atoms with Crippen LogP contribution in [0.25, 0.3) is 0 Å². The van der Waals surface area contributed by atoms with E-state index in [1.165, 1.54) is 0 Å². The third-order valence-corrected chi connectivity index (χ3v) is 3.28. The minimum Gasteiger partial charge on any atom is -0.391 e. The molecule has 0 aliphatic carbocycles. The molecule has 0 saturated carbocycles. The van der Waals surface area contributed by atoms with Gasteiger partial charge in [0, 0.05) is 25.8 Å². The van der Waals surface area contributed by atoms with E-state index in [4.69, 9.17) is 0 Å². The molecule has 1 fully saturated rings. The molecule has 16 heavy (non-hydrogen) atoms. The van der Waals surface area contributed by atoms with Crippen molar-refractivity contribution in [1.29, 1.82) is 0 Å². The molecule has 0 bridgehead atoms. The lowest BCUT2D eigenvalue weighted by Gasteiger charge is -2.30. The SMILES string of the molecule is Cc1ccc(C(=O)N2CCC[C@H](O)C2)n1C. The van der Waals surface area contributed by atoms with Crippen LogP contribution in [-0.2, 0) is 7.05 Å². The number of aromatic nitrogens is 1. The molecule has 1 aromatic rings. The van der Waals surface area contributed by atoms with Crippen molar-refractivity contribution in [3.05, 3.63) is 23.5 Å². The van der Waals surface area contributed by atoms with Crippen LogP contribution in [-0.4, -0.2) is 39.7 Å². The number of aliphatic hydroxyl groups excluding tert-OH is 1. The van der Waals surface area contributed by atoms with Gasteiger partial charge in [0.15, 0.2) is 0 Å². The molecule has 1 N–H and O–H groups in total. The number of hydrogen-bond acceptors (Lipinski definition) is 2. The van der Waals surface area contributed by atoms with Crippen LogP contribution in [0.2, 0.25) is 0 Å². The van der Waals surface area contributed by atoms with E-state index < -0.39 is 0 Å². The largest absolute Gasteiger partial charge is 0.391 e. The van der Waals surface area contributed by atoms with Crippen molar-refractivity contribution in [1.82, 2.24) is 9.47 Å². The minimum atomic E-state index is -0.362. The van der Waals surface area contributed by atoms with Crippen molar-refractivity contribution in [2.75, 3.05) is 13.1 Å². The molecule has 0 radical (unpaired) electrons. The molecular weight excluding hydrogens is 204 g/mol. The highest BCUT2D eigenvalue weighted by molar-refractivity contribution is 5.93. The van der Waals surface area contributed by atoms with Crippen LogP contribution >= 0.6 is 0 Å². The first-order valence-electron chi connectivity index (χ1n) is 5.69. The monoisotopic (exact) mass is 222 g/mol. The summed E-state index contributed by atoms with van der Waals surface area (Å²) < 4.78 is 1.89. The summed E-state index contributed by atoms with van der Waals surface area (Å²) in [6, 6.07) is 3.78.